The number of hydrogen-bond donors (Lipinski definition) is 2. The number of ether oxygens (including phenoxy) is 1. The highest BCUT2D eigenvalue weighted by Crippen LogP contribution is 2.22. The Kier molecular flexibility index (Phi) is 6.78. The molecular formula is C14H26N2O4. The Morgan fingerprint density at radius 1 is 1.35 bits per heavy atom. The summed E-state index contributed by atoms with van der Waals surface area (Å²) >= 11 is 0. The van der Waals surface area contributed by atoms with Crippen LogP contribution in [0.3, 0.4) is 0 Å². The third-order valence-electron chi connectivity index (χ3n) is 3.70. The van der Waals surface area contributed by atoms with Gasteiger partial charge in [-0.2, -0.15) is 0 Å². The molecule has 20 heavy (non-hydrogen) atoms. The average molecular weight is 286 g/mol. The van der Waals surface area contributed by atoms with E-state index in [0.717, 1.165) is 0 Å². The lowest BCUT2D eigenvalue weighted by molar-refractivity contribution is -0.134. The first-order valence-electron chi connectivity index (χ1n) is 7.40. The third kappa shape index (κ3) is 4.67. The minimum absolute atomic E-state index is 0.00354. The molecule has 0 aliphatic carbocycles. The lowest BCUT2D eigenvalue weighted by Gasteiger charge is -2.39. The van der Waals surface area contributed by atoms with Gasteiger partial charge in [0.15, 0.2) is 0 Å². The Bertz CT molecular complexity index is 335. The van der Waals surface area contributed by atoms with Crippen molar-refractivity contribution in [3.63, 3.8) is 0 Å². The number of likely N-dealkylation sites (tertiary alicyclic amines) is 1. The molecule has 2 N–H and O–H groups in total. The predicted molar refractivity (Wildman–Crippen MR) is 75.2 cm³/mol. The number of amides is 2. The van der Waals surface area contributed by atoms with Crippen LogP contribution in [0.4, 0.5) is 4.79 Å². The van der Waals surface area contributed by atoms with Crippen LogP contribution in [0.15, 0.2) is 0 Å². The number of carbonyl (C=O) groups is 2. The van der Waals surface area contributed by atoms with Gasteiger partial charge in [-0.3, -0.25) is 4.79 Å². The van der Waals surface area contributed by atoms with Crippen LogP contribution in [0.2, 0.25) is 0 Å². The van der Waals surface area contributed by atoms with Crippen molar-refractivity contribution in [3.8, 4) is 0 Å². The molecule has 116 valence electrons. The number of nitrogens with zero attached hydrogens (tertiary/aromatic N) is 1. The lowest BCUT2D eigenvalue weighted by atomic mass is 9.88. The largest absolute Gasteiger partial charge is 0.450 e. The monoisotopic (exact) mass is 286 g/mol. The summed E-state index contributed by atoms with van der Waals surface area (Å²) in [6, 6.07) is -0.163. The number of aliphatic hydroxyl groups excluding tert-OH is 1. The molecule has 0 aromatic carbocycles. The predicted octanol–water partition coefficient (Wildman–Crippen LogP) is 1.13. The minimum atomic E-state index is -0.465. The second kappa shape index (κ2) is 8.09. The van der Waals surface area contributed by atoms with Gasteiger partial charge in [0.1, 0.15) is 0 Å². The number of nitrogens with one attached hydrogen (secondary N) is 1. The second-order valence-corrected chi connectivity index (χ2v) is 5.19. The summed E-state index contributed by atoms with van der Waals surface area (Å²) < 4.78 is 4.87. The maximum atomic E-state index is 11.9. The Morgan fingerprint density at radius 2 is 2.05 bits per heavy atom. The highest BCUT2D eigenvalue weighted by atomic mass is 16.5. The molecule has 0 radical (unpaired) electrons. The van der Waals surface area contributed by atoms with E-state index < -0.39 is 12.2 Å². The van der Waals surface area contributed by atoms with Crippen LogP contribution in [-0.4, -0.2) is 53.8 Å². The van der Waals surface area contributed by atoms with Crippen LogP contribution in [0, 0.1) is 5.92 Å². The molecule has 1 rings (SSSR count). The second-order valence-electron chi connectivity index (χ2n) is 5.19. The summed E-state index contributed by atoms with van der Waals surface area (Å²) in [5.41, 5.74) is 0. The normalized spacial score (nSPS) is 24.1. The van der Waals surface area contributed by atoms with Gasteiger partial charge in [0.25, 0.3) is 0 Å². The van der Waals surface area contributed by atoms with E-state index in [9.17, 15) is 14.7 Å². The van der Waals surface area contributed by atoms with Gasteiger partial charge in [0.05, 0.1) is 18.8 Å². The fourth-order valence-corrected chi connectivity index (χ4v) is 2.62. The van der Waals surface area contributed by atoms with Crippen molar-refractivity contribution in [3.05, 3.63) is 0 Å². The van der Waals surface area contributed by atoms with E-state index in [4.69, 9.17) is 4.74 Å². The molecule has 1 saturated heterocycles. The van der Waals surface area contributed by atoms with Gasteiger partial charge in [0, 0.05) is 25.4 Å². The van der Waals surface area contributed by atoms with E-state index in [0.29, 0.717) is 39.0 Å². The standard InChI is InChI=1S/C14H26N2O4/c1-4-12(17)10-7-11(15-14(19)20-6-3)9-16(8-10)13(18)5-2/h10-12,17H,4-9H2,1-3H3,(H,15,19). The molecular weight excluding hydrogens is 260 g/mol. The van der Waals surface area contributed by atoms with Crippen molar-refractivity contribution >= 4 is 12.0 Å². The molecule has 1 fully saturated rings. The van der Waals surface area contributed by atoms with E-state index in [2.05, 4.69) is 5.32 Å². The van der Waals surface area contributed by atoms with E-state index in [1.165, 1.54) is 0 Å². The van der Waals surface area contributed by atoms with Crippen molar-refractivity contribution in [1.82, 2.24) is 10.2 Å². The van der Waals surface area contributed by atoms with Gasteiger partial charge in [-0.05, 0) is 19.8 Å². The van der Waals surface area contributed by atoms with Crippen molar-refractivity contribution in [2.75, 3.05) is 19.7 Å². The van der Waals surface area contributed by atoms with Gasteiger partial charge in [0.2, 0.25) is 5.91 Å². The summed E-state index contributed by atoms with van der Waals surface area (Å²) in [7, 11) is 0. The summed E-state index contributed by atoms with van der Waals surface area (Å²) in [5, 5.41) is 12.8. The molecule has 1 heterocycles. The molecule has 0 aromatic heterocycles. The molecule has 1 aliphatic heterocycles. The van der Waals surface area contributed by atoms with Crippen molar-refractivity contribution < 1.29 is 19.4 Å². The molecule has 0 spiro atoms. The number of aliphatic hydroxyl groups is 1. The molecule has 3 atom stereocenters. The summed E-state index contributed by atoms with van der Waals surface area (Å²) in [4.78, 5) is 25.1. The zero-order chi connectivity index (χ0) is 15.1. The fraction of sp³-hybridized carbons (Fsp3) is 0.857. The number of alkyl carbamates (subject to hydrolysis) is 1. The SMILES string of the molecule is CCOC(=O)NC1CC(C(O)CC)CN(C(=O)CC)C1. The van der Waals surface area contributed by atoms with Crippen molar-refractivity contribution in [2.45, 2.75) is 52.2 Å². The molecule has 3 unspecified atom stereocenters. The van der Waals surface area contributed by atoms with Crippen LogP contribution in [0.25, 0.3) is 0 Å². The van der Waals surface area contributed by atoms with E-state index in [1.54, 1.807) is 11.8 Å². The zero-order valence-corrected chi connectivity index (χ0v) is 12.6. The highest BCUT2D eigenvalue weighted by molar-refractivity contribution is 5.76. The average Bonchev–Trinajstić information content (AvgIpc) is 2.45. The minimum Gasteiger partial charge on any atom is -0.450 e. The van der Waals surface area contributed by atoms with Gasteiger partial charge in [-0.1, -0.05) is 13.8 Å². The summed E-state index contributed by atoms with van der Waals surface area (Å²) in [6.45, 7) is 6.84. The lowest BCUT2D eigenvalue weighted by Crippen LogP contribution is -2.54. The molecule has 0 saturated carbocycles. The van der Waals surface area contributed by atoms with E-state index >= 15 is 0 Å². The maximum Gasteiger partial charge on any atom is 0.407 e. The number of piperidine rings is 1. The summed E-state index contributed by atoms with van der Waals surface area (Å²) in [5.74, 6) is 0.0461. The first-order valence-corrected chi connectivity index (χ1v) is 7.40. The molecule has 0 bridgehead atoms. The van der Waals surface area contributed by atoms with E-state index in [1.807, 2.05) is 13.8 Å². The van der Waals surface area contributed by atoms with E-state index in [-0.39, 0.29) is 17.9 Å². The van der Waals surface area contributed by atoms with Crippen LogP contribution in [-0.2, 0) is 9.53 Å². The smallest absolute Gasteiger partial charge is 0.407 e. The Hall–Kier alpha value is -1.30. The first kappa shape index (κ1) is 16.8. The Morgan fingerprint density at radius 3 is 2.60 bits per heavy atom. The molecule has 0 aromatic rings. The topological polar surface area (TPSA) is 78.9 Å². The van der Waals surface area contributed by atoms with Crippen LogP contribution >= 0.6 is 0 Å². The molecule has 6 nitrogen and oxygen atoms in total. The van der Waals surface area contributed by atoms with Gasteiger partial charge in [-0.25, -0.2) is 4.79 Å². The van der Waals surface area contributed by atoms with Crippen LogP contribution in [0.5, 0.6) is 0 Å². The zero-order valence-electron chi connectivity index (χ0n) is 12.6. The number of carbonyl (C=O) groups excluding carboxylic acids is 2. The fourth-order valence-electron chi connectivity index (χ4n) is 2.62. The third-order valence-corrected chi connectivity index (χ3v) is 3.70. The van der Waals surface area contributed by atoms with Crippen LogP contribution in [0.1, 0.15) is 40.0 Å². The van der Waals surface area contributed by atoms with Gasteiger partial charge >= 0.3 is 6.09 Å². The number of hydrogen-bond acceptors (Lipinski definition) is 4. The number of rotatable bonds is 5. The quantitative estimate of drug-likeness (QED) is 0.794. The maximum absolute atomic E-state index is 11.9. The van der Waals surface area contributed by atoms with Gasteiger partial charge in [-0.15, -0.1) is 0 Å². The first-order chi connectivity index (χ1) is 9.51. The molecule has 2 amide bonds. The Labute approximate surface area is 120 Å². The van der Waals surface area contributed by atoms with Gasteiger partial charge < -0.3 is 20.1 Å². The van der Waals surface area contributed by atoms with Crippen molar-refractivity contribution in [1.29, 1.82) is 0 Å². The van der Waals surface area contributed by atoms with Crippen molar-refractivity contribution in [2.24, 2.45) is 5.92 Å². The molecule has 6 heteroatoms. The molecule has 1 aliphatic rings. The van der Waals surface area contributed by atoms with Crippen LogP contribution < -0.4 is 5.32 Å². The summed E-state index contributed by atoms with van der Waals surface area (Å²) in [6.07, 6.45) is 0.829. The Balaban J connectivity index is 2.68. The highest BCUT2D eigenvalue weighted by Gasteiger charge is 2.33.